The number of carbonyl (C=O) groups excluding carboxylic acids is 2. The summed E-state index contributed by atoms with van der Waals surface area (Å²) in [5.41, 5.74) is -1.11. The van der Waals surface area contributed by atoms with Crippen molar-refractivity contribution in [1.29, 1.82) is 0 Å². The molecule has 1 heterocycles. The van der Waals surface area contributed by atoms with Crippen molar-refractivity contribution in [2.75, 3.05) is 19.8 Å². The standard InChI is InChI=1S/C14H24O5/c1-5-13(3,4)12(16)18-9-11(15)19-14(6-2)7-8-17-10-14/h5-10H2,1-4H3. The molecule has 0 radical (unpaired) electrons. The van der Waals surface area contributed by atoms with Crippen LogP contribution in [0.25, 0.3) is 0 Å². The van der Waals surface area contributed by atoms with Gasteiger partial charge < -0.3 is 14.2 Å². The Morgan fingerprint density at radius 2 is 2.00 bits per heavy atom. The van der Waals surface area contributed by atoms with Gasteiger partial charge in [-0.2, -0.15) is 0 Å². The van der Waals surface area contributed by atoms with Gasteiger partial charge in [-0.3, -0.25) is 4.79 Å². The maximum absolute atomic E-state index is 11.7. The summed E-state index contributed by atoms with van der Waals surface area (Å²) < 4.78 is 15.7. The van der Waals surface area contributed by atoms with Crippen LogP contribution in [-0.4, -0.2) is 37.4 Å². The van der Waals surface area contributed by atoms with Gasteiger partial charge in [-0.25, -0.2) is 4.79 Å². The third-order valence-corrected chi connectivity index (χ3v) is 3.80. The zero-order valence-corrected chi connectivity index (χ0v) is 12.3. The molecule has 1 rings (SSSR count). The molecule has 0 bridgehead atoms. The number of hydrogen-bond donors (Lipinski definition) is 0. The number of carbonyl (C=O) groups is 2. The molecule has 1 atom stereocenters. The summed E-state index contributed by atoms with van der Waals surface area (Å²) in [4.78, 5) is 23.5. The molecule has 0 saturated carbocycles. The van der Waals surface area contributed by atoms with Crippen molar-refractivity contribution in [2.24, 2.45) is 5.41 Å². The number of rotatable bonds is 6. The summed E-state index contributed by atoms with van der Waals surface area (Å²) in [5, 5.41) is 0. The monoisotopic (exact) mass is 272 g/mol. The second-order valence-electron chi connectivity index (χ2n) is 5.63. The lowest BCUT2D eigenvalue weighted by Crippen LogP contribution is -2.37. The maximum atomic E-state index is 11.7. The fourth-order valence-electron chi connectivity index (χ4n) is 1.76. The van der Waals surface area contributed by atoms with Crippen molar-refractivity contribution >= 4 is 11.9 Å². The highest BCUT2D eigenvalue weighted by Crippen LogP contribution is 2.27. The highest BCUT2D eigenvalue weighted by atomic mass is 16.6. The Bertz CT molecular complexity index is 329. The van der Waals surface area contributed by atoms with Crippen LogP contribution in [0.5, 0.6) is 0 Å². The lowest BCUT2D eigenvalue weighted by Gasteiger charge is -2.26. The molecule has 110 valence electrons. The Hall–Kier alpha value is -1.10. The summed E-state index contributed by atoms with van der Waals surface area (Å²) in [6, 6.07) is 0. The van der Waals surface area contributed by atoms with Gasteiger partial charge in [0.25, 0.3) is 0 Å². The van der Waals surface area contributed by atoms with E-state index in [4.69, 9.17) is 14.2 Å². The molecule has 0 amide bonds. The largest absolute Gasteiger partial charge is 0.454 e. The first kappa shape index (κ1) is 16.0. The highest BCUT2D eigenvalue weighted by Gasteiger charge is 2.37. The zero-order chi connectivity index (χ0) is 14.5. The van der Waals surface area contributed by atoms with Crippen molar-refractivity contribution in [1.82, 2.24) is 0 Å². The Balaban J connectivity index is 2.42. The van der Waals surface area contributed by atoms with Gasteiger partial charge in [0.15, 0.2) is 6.61 Å². The Morgan fingerprint density at radius 3 is 2.47 bits per heavy atom. The summed E-state index contributed by atoms with van der Waals surface area (Å²) in [5.74, 6) is -0.882. The first-order valence-corrected chi connectivity index (χ1v) is 6.82. The average molecular weight is 272 g/mol. The van der Waals surface area contributed by atoms with E-state index in [2.05, 4.69) is 0 Å². The van der Waals surface area contributed by atoms with Crippen molar-refractivity contribution in [3.63, 3.8) is 0 Å². The van der Waals surface area contributed by atoms with E-state index in [1.54, 1.807) is 13.8 Å². The Kier molecular flexibility index (Phi) is 5.35. The molecular weight excluding hydrogens is 248 g/mol. The van der Waals surface area contributed by atoms with Crippen molar-refractivity contribution in [3.05, 3.63) is 0 Å². The molecule has 1 saturated heterocycles. The third kappa shape index (κ3) is 4.20. The van der Waals surface area contributed by atoms with E-state index < -0.39 is 17.0 Å². The van der Waals surface area contributed by atoms with Crippen LogP contribution in [0, 0.1) is 5.41 Å². The van der Waals surface area contributed by atoms with Gasteiger partial charge in [0.2, 0.25) is 0 Å². The van der Waals surface area contributed by atoms with E-state index >= 15 is 0 Å². The fraction of sp³-hybridized carbons (Fsp3) is 0.857. The SMILES string of the molecule is CCC1(OC(=O)COC(=O)C(C)(C)CC)CCOC1. The first-order valence-electron chi connectivity index (χ1n) is 6.82. The molecule has 5 nitrogen and oxygen atoms in total. The maximum Gasteiger partial charge on any atom is 0.344 e. The van der Waals surface area contributed by atoms with E-state index in [-0.39, 0.29) is 12.6 Å². The predicted octanol–water partition coefficient (Wildman–Crippen LogP) is 2.08. The summed E-state index contributed by atoms with van der Waals surface area (Å²) in [6.07, 6.45) is 2.06. The van der Waals surface area contributed by atoms with Crippen LogP contribution in [0.15, 0.2) is 0 Å². The second-order valence-corrected chi connectivity index (χ2v) is 5.63. The predicted molar refractivity (Wildman–Crippen MR) is 69.6 cm³/mol. The molecule has 1 unspecified atom stereocenters. The van der Waals surface area contributed by atoms with Gasteiger partial charge in [0.1, 0.15) is 5.60 Å². The van der Waals surface area contributed by atoms with Crippen LogP contribution in [0.3, 0.4) is 0 Å². The minimum Gasteiger partial charge on any atom is -0.454 e. The van der Waals surface area contributed by atoms with Gasteiger partial charge in [-0.05, 0) is 26.7 Å². The van der Waals surface area contributed by atoms with Crippen molar-refractivity contribution in [3.8, 4) is 0 Å². The quantitative estimate of drug-likeness (QED) is 0.693. The number of hydrogen-bond acceptors (Lipinski definition) is 5. The smallest absolute Gasteiger partial charge is 0.344 e. The molecule has 5 heteroatoms. The van der Waals surface area contributed by atoms with E-state index in [0.29, 0.717) is 32.5 Å². The second kappa shape index (κ2) is 6.37. The summed E-state index contributed by atoms with van der Waals surface area (Å²) in [6.45, 7) is 8.13. The Morgan fingerprint density at radius 1 is 1.32 bits per heavy atom. The highest BCUT2D eigenvalue weighted by molar-refractivity contribution is 5.79. The van der Waals surface area contributed by atoms with Crippen LogP contribution >= 0.6 is 0 Å². The minimum atomic E-state index is -0.570. The molecule has 0 aromatic rings. The van der Waals surface area contributed by atoms with Crippen LogP contribution in [0.1, 0.15) is 47.0 Å². The molecule has 0 aromatic carbocycles. The zero-order valence-electron chi connectivity index (χ0n) is 12.3. The molecule has 0 aliphatic carbocycles. The minimum absolute atomic E-state index is 0.329. The molecule has 0 N–H and O–H groups in total. The van der Waals surface area contributed by atoms with Gasteiger partial charge in [0, 0.05) is 6.42 Å². The van der Waals surface area contributed by atoms with Crippen LogP contribution in [0.2, 0.25) is 0 Å². The Labute approximate surface area is 114 Å². The normalized spacial score (nSPS) is 23.2. The van der Waals surface area contributed by atoms with E-state index in [9.17, 15) is 9.59 Å². The fourth-order valence-corrected chi connectivity index (χ4v) is 1.76. The number of esters is 2. The molecule has 1 aliphatic rings. The van der Waals surface area contributed by atoms with Crippen LogP contribution < -0.4 is 0 Å². The van der Waals surface area contributed by atoms with Crippen LogP contribution in [0.4, 0.5) is 0 Å². The lowest BCUT2D eigenvalue weighted by atomic mass is 9.91. The van der Waals surface area contributed by atoms with E-state index in [1.165, 1.54) is 0 Å². The first-order chi connectivity index (χ1) is 8.85. The van der Waals surface area contributed by atoms with Gasteiger partial charge in [-0.15, -0.1) is 0 Å². The van der Waals surface area contributed by atoms with Crippen molar-refractivity contribution in [2.45, 2.75) is 52.6 Å². The van der Waals surface area contributed by atoms with Gasteiger partial charge in [0.05, 0.1) is 18.6 Å². The lowest BCUT2D eigenvalue weighted by molar-refractivity contribution is -0.174. The molecule has 19 heavy (non-hydrogen) atoms. The molecule has 1 aliphatic heterocycles. The summed E-state index contributed by atoms with van der Waals surface area (Å²) >= 11 is 0. The average Bonchev–Trinajstić information content (AvgIpc) is 2.84. The van der Waals surface area contributed by atoms with E-state index in [1.807, 2.05) is 13.8 Å². The number of ether oxygens (including phenoxy) is 3. The van der Waals surface area contributed by atoms with Gasteiger partial charge in [-0.1, -0.05) is 13.8 Å². The van der Waals surface area contributed by atoms with Crippen LogP contribution in [-0.2, 0) is 23.8 Å². The third-order valence-electron chi connectivity index (χ3n) is 3.80. The molecule has 0 aromatic heterocycles. The molecule has 1 fully saturated rings. The van der Waals surface area contributed by atoms with Gasteiger partial charge >= 0.3 is 11.9 Å². The molecule has 0 spiro atoms. The molecular formula is C14H24O5. The summed E-state index contributed by atoms with van der Waals surface area (Å²) in [7, 11) is 0. The van der Waals surface area contributed by atoms with Crippen molar-refractivity contribution < 1.29 is 23.8 Å². The van der Waals surface area contributed by atoms with E-state index in [0.717, 1.165) is 0 Å². The topological polar surface area (TPSA) is 61.8 Å².